The molecular formula is C16H24N2O2. The Labute approximate surface area is 121 Å². The molecule has 0 heterocycles. The Balaban J connectivity index is 1.96. The van der Waals surface area contributed by atoms with E-state index in [0.29, 0.717) is 12.5 Å². The van der Waals surface area contributed by atoms with Gasteiger partial charge in [0.2, 0.25) is 0 Å². The summed E-state index contributed by atoms with van der Waals surface area (Å²) in [5.41, 5.74) is 2.44. The predicted octanol–water partition coefficient (Wildman–Crippen LogP) is 1.98. The molecule has 0 aromatic heterocycles. The second-order valence-corrected chi connectivity index (χ2v) is 5.68. The summed E-state index contributed by atoms with van der Waals surface area (Å²) in [5, 5.41) is 3.53. The number of hydrogen-bond acceptors (Lipinski definition) is 4. The zero-order chi connectivity index (χ0) is 14.5. The van der Waals surface area contributed by atoms with Crippen LogP contribution in [0.3, 0.4) is 0 Å². The van der Waals surface area contributed by atoms with E-state index in [4.69, 9.17) is 4.74 Å². The summed E-state index contributed by atoms with van der Waals surface area (Å²) in [7, 11) is 5.51. The maximum absolute atomic E-state index is 11.5. The van der Waals surface area contributed by atoms with Gasteiger partial charge in [0.1, 0.15) is 0 Å². The van der Waals surface area contributed by atoms with Crippen LogP contribution in [0, 0.1) is 0 Å². The summed E-state index contributed by atoms with van der Waals surface area (Å²) in [6, 6.07) is 9.25. The van der Waals surface area contributed by atoms with Crippen molar-refractivity contribution in [2.24, 2.45) is 0 Å². The molecule has 4 heteroatoms. The molecule has 1 atom stereocenters. The van der Waals surface area contributed by atoms with Crippen LogP contribution >= 0.6 is 0 Å². The molecule has 4 nitrogen and oxygen atoms in total. The number of carbonyl (C=O) groups is 1. The normalized spacial score (nSPS) is 15.8. The van der Waals surface area contributed by atoms with Gasteiger partial charge < -0.3 is 15.0 Å². The standard InChI is InChI=1S/C16H24N2O2/c1-18(2)15-8-4-12(5-9-15)10-14(11-16(19)20-3)17-13-6-7-13/h4-5,8-9,13-14,17H,6-7,10-11H2,1-3H3. The van der Waals surface area contributed by atoms with E-state index in [2.05, 4.69) is 34.5 Å². The molecule has 1 aliphatic rings. The van der Waals surface area contributed by atoms with Crippen LogP contribution < -0.4 is 10.2 Å². The highest BCUT2D eigenvalue weighted by Crippen LogP contribution is 2.21. The van der Waals surface area contributed by atoms with Gasteiger partial charge in [-0.1, -0.05) is 12.1 Å². The molecule has 2 rings (SSSR count). The lowest BCUT2D eigenvalue weighted by molar-refractivity contribution is -0.141. The number of benzene rings is 1. The van der Waals surface area contributed by atoms with Crippen molar-refractivity contribution in [1.82, 2.24) is 5.32 Å². The van der Waals surface area contributed by atoms with Gasteiger partial charge in [-0.05, 0) is 37.0 Å². The van der Waals surface area contributed by atoms with E-state index >= 15 is 0 Å². The molecule has 0 amide bonds. The number of esters is 1. The Kier molecular flexibility index (Phi) is 5.01. The maximum Gasteiger partial charge on any atom is 0.307 e. The van der Waals surface area contributed by atoms with Crippen molar-refractivity contribution in [3.05, 3.63) is 29.8 Å². The Morgan fingerprint density at radius 2 is 2.00 bits per heavy atom. The van der Waals surface area contributed by atoms with Crippen LogP contribution in [0.2, 0.25) is 0 Å². The van der Waals surface area contributed by atoms with Gasteiger partial charge in [-0.2, -0.15) is 0 Å². The molecule has 1 fully saturated rings. The Hall–Kier alpha value is -1.55. The number of hydrogen-bond donors (Lipinski definition) is 1. The average molecular weight is 276 g/mol. The topological polar surface area (TPSA) is 41.6 Å². The molecule has 1 saturated carbocycles. The highest BCUT2D eigenvalue weighted by molar-refractivity contribution is 5.70. The van der Waals surface area contributed by atoms with Gasteiger partial charge >= 0.3 is 5.97 Å². The molecule has 1 aromatic rings. The molecule has 1 aromatic carbocycles. The average Bonchev–Trinajstić information content (AvgIpc) is 3.23. The van der Waals surface area contributed by atoms with Crippen LogP contribution in [0.4, 0.5) is 5.69 Å². The van der Waals surface area contributed by atoms with E-state index in [0.717, 1.165) is 6.42 Å². The molecule has 0 radical (unpaired) electrons. The molecule has 0 aliphatic heterocycles. The van der Waals surface area contributed by atoms with Gasteiger partial charge in [-0.3, -0.25) is 4.79 Å². The Morgan fingerprint density at radius 3 is 2.50 bits per heavy atom. The number of carbonyl (C=O) groups excluding carboxylic acids is 1. The lowest BCUT2D eigenvalue weighted by Crippen LogP contribution is -2.35. The van der Waals surface area contributed by atoms with E-state index in [1.54, 1.807) is 0 Å². The van der Waals surface area contributed by atoms with E-state index in [1.165, 1.54) is 31.2 Å². The highest BCUT2D eigenvalue weighted by atomic mass is 16.5. The van der Waals surface area contributed by atoms with Crippen molar-refractivity contribution in [1.29, 1.82) is 0 Å². The number of nitrogens with zero attached hydrogens (tertiary/aromatic N) is 1. The first kappa shape index (κ1) is 14.9. The van der Waals surface area contributed by atoms with Crippen LogP contribution in [0.5, 0.6) is 0 Å². The molecule has 20 heavy (non-hydrogen) atoms. The lowest BCUT2D eigenvalue weighted by atomic mass is 10.0. The number of rotatable bonds is 7. The SMILES string of the molecule is COC(=O)CC(Cc1ccc(N(C)C)cc1)NC1CC1. The van der Waals surface area contributed by atoms with Crippen molar-refractivity contribution < 1.29 is 9.53 Å². The predicted molar refractivity (Wildman–Crippen MR) is 81.1 cm³/mol. The Bertz CT molecular complexity index is 438. The molecule has 1 N–H and O–H groups in total. The molecule has 110 valence electrons. The summed E-state index contributed by atoms with van der Waals surface area (Å²) in [6.45, 7) is 0. The largest absolute Gasteiger partial charge is 0.469 e. The number of anilines is 1. The van der Waals surface area contributed by atoms with Gasteiger partial charge in [0, 0.05) is 31.9 Å². The van der Waals surface area contributed by atoms with E-state index in [1.807, 2.05) is 14.1 Å². The van der Waals surface area contributed by atoms with Crippen molar-refractivity contribution >= 4 is 11.7 Å². The summed E-state index contributed by atoms with van der Waals surface area (Å²) in [6.07, 6.45) is 3.73. The fraction of sp³-hybridized carbons (Fsp3) is 0.562. The van der Waals surface area contributed by atoms with Crippen LogP contribution in [0.25, 0.3) is 0 Å². The van der Waals surface area contributed by atoms with Crippen LogP contribution in [-0.2, 0) is 16.0 Å². The third-order valence-electron chi connectivity index (χ3n) is 3.62. The fourth-order valence-corrected chi connectivity index (χ4v) is 2.27. The maximum atomic E-state index is 11.5. The summed E-state index contributed by atoms with van der Waals surface area (Å²) in [5.74, 6) is -0.145. The van der Waals surface area contributed by atoms with E-state index in [9.17, 15) is 4.79 Å². The second kappa shape index (κ2) is 6.75. The van der Waals surface area contributed by atoms with Crippen molar-refractivity contribution in [2.45, 2.75) is 37.8 Å². The summed E-state index contributed by atoms with van der Waals surface area (Å²) >= 11 is 0. The third-order valence-corrected chi connectivity index (χ3v) is 3.62. The van der Waals surface area contributed by atoms with Crippen LogP contribution in [0.15, 0.2) is 24.3 Å². The van der Waals surface area contributed by atoms with E-state index in [-0.39, 0.29) is 12.0 Å². The minimum atomic E-state index is -0.145. The van der Waals surface area contributed by atoms with Gasteiger partial charge in [0.25, 0.3) is 0 Å². The smallest absolute Gasteiger partial charge is 0.307 e. The number of methoxy groups -OCH3 is 1. The monoisotopic (exact) mass is 276 g/mol. The first-order valence-corrected chi connectivity index (χ1v) is 7.17. The minimum absolute atomic E-state index is 0.145. The van der Waals surface area contributed by atoms with Crippen molar-refractivity contribution in [2.75, 3.05) is 26.1 Å². The number of ether oxygens (including phenoxy) is 1. The molecule has 1 aliphatic carbocycles. The number of nitrogens with one attached hydrogen (secondary N) is 1. The van der Waals surface area contributed by atoms with Crippen molar-refractivity contribution in [3.63, 3.8) is 0 Å². The molecular weight excluding hydrogens is 252 g/mol. The molecule has 0 spiro atoms. The van der Waals surface area contributed by atoms with E-state index < -0.39 is 0 Å². The Morgan fingerprint density at radius 1 is 1.35 bits per heavy atom. The first-order valence-electron chi connectivity index (χ1n) is 7.17. The highest BCUT2D eigenvalue weighted by Gasteiger charge is 2.26. The second-order valence-electron chi connectivity index (χ2n) is 5.68. The van der Waals surface area contributed by atoms with Crippen molar-refractivity contribution in [3.8, 4) is 0 Å². The molecule has 0 bridgehead atoms. The first-order chi connectivity index (χ1) is 9.58. The quantitative estimate of drug-likeness (QED) is 0.773. The fourth-order valence-electron chi connectivity index (χ4n) is 2.27. The molecule has 0 saturated heterocycles. The molecule has 1 unspecified atom stereocenters. The van der Waals surface area contributed by atoms with Gasteiger partial charge in [0.05, 0.1) is 13.5 Å². The zero-order valence-corrected chi connectivity index (χ0v) is 12.6. The van der Waals surface area contributed by atoms with Gasteiger partial charge in [-0.25, -0.2) is 0 Å². The lowest BCUT2D eigenvalue weighted by Gasteiger charge is -2.18. The third kappa shape index (κ3) is 4.53. The summed E-state index contributed by atoms with van der Waals surface area (Å²) in [4.78, 5) is 13.6. The zero-order valence-electron chi connectivity index (χ0n) is 12.6. The van der Waals surface area contributed by atoms with Crippen LogP contribution in [0.1, 0.15) is 24.8 Å². The minimum Gasteiger partial charge on any atom is -0.469 e. The van der Waals surface area contributed by atoms with Gasteiger partial charge in [-0.15, -0.1) is 0 Å². The summed E-state index contributed by atoms with van der Waals surface area (Å²) < 4.78 is 4.79. The van der Waals surface area contributed by atoms with Crippen LogP contribution in [-0.4, -0.2) is 39.3 Å². The van der Waals surface area contributed by atoms with Gasteiger partial charge in [0.15, 0.2) is 0 Å².